The summed E-state index contributed by atoms with van der Waals surface area (Å²) in [5.41, 5.74) is 3.62. The van der Waals surface area contributed by atoms with Gasteiger partial charge in [-0.05, 0) is 73.2 Å². The van der Waals surface area contributed by atoms with Crippen LogP contribution in [0.3, 0.4) is 0 Å². The number of hydrogen-bond acceptors (Lipinski definition) is 7. The topological polar surface area (TPSA) is 115 Å². The van der Waals surface area contributed by atoms with Gasteiger partial charge in [0.15, 0.2) is 11.5 Å². The second-order valence-electron chi connectivity index (χ2n) is 7.24. The number of halogens is 1. The Morgan fingerprint density at radius 1 is 0.972 bits per heavy atom. The summed E-state index contributed by atoms with van der Waals surface area (Å²) in [4.78, 5) is 36.6. The van der Waals surface area contributed by atoms with E-state index in [-0.39, 0.29) is 12.3 Å². The Hall–Kier alpha value is -4.37. The minimum Gasteiger partial charge on any atom is -0.497 e. The molecule has 186 valence electrons. The number of carbonyl (C=O) groups excluding carboxylic acids is 3. The molecule has 0 spiro atoms. The van der Waals surface area contributed by atoms with Crippen LogP contribution in [-0.2, 0) is 4.79 Å². The van der Waals surface area contributed by atoms with Crippen LogP contribution in [0.15, 0.2) is 71.8 Å². The van der Waals surface area contributed by atoms with E-state index in [9.17, 15) is 14.4 Å². The fourth-order valence-corrected chi connectivity index (χ4v) is 3.14. The molecule has 0 heterocycles. The molecule has 0 aliphatic rings. The second kappa shape index (κ2) is 12.9. The van der Waals surface area contributed by atoms with E-state index in [2.05, 4.69) is 15.8 Å². The maximum absolute atomic E-state index is 12.5. The summed E-state index contributed by atoms with van der Waals surface area (Å²) >= 11 is 5.87. The van der Waals surface area contributed by atoms with Crippen molar-refractivity contribution in [1.29, 1.82) is 0 Å². The van der Waals surface area contributed by atoms with Crippen LogP contribution in [0.4, 0.5) is 0 Å². The molecule has 0 aromatic heterocycles. The third-order valence-electron chi connectivity index (χ3n) is 4.70. The third kappa shape index (κ3) is 7.57. The number of ether oxygens (including phenoxy) is 3. The van der Waals surface area contributed by atoms with Gasteiger partial charge in [-0.15, -0.1) is 0 Å². The van der Waals surface area contributed by atoms with E-state index < -0.39 is 17.8 Å². The highest BCUT2D eigenvalue weighted by Crippen LogP contribution is 2.29. The number of rotatable bonds is 10. The molecule has 0 unspecified atom stereocenters. The quantitative estimate of drug-likeness (QED) is 0.186. The maximum Gasteiger partial charge on any atom is 0.343 e. The van der Waals surface area contributed by atoms with Gasteiger partial charge in [-0.1, -0.05) is 17.7 Å². The van der Waals surface area contributed by atoms with Crippen LogP contribution in [0.5, 0.6) is 17.2 Å². The zero-order valence-corrected chi connectivity index (χ0v) is 20.4. The number of methoxy groups -OCH3 is 1. The predicted molar refractivity (Wildman–Crippen MR) is 135 cm³/mol. The standard InChI is InChI=1S/C26H24ClN3O6/c1-3-35-23-13-17(7-12-22(23)36-26(33)18-8-10-21(34-2)11-9-18)15-29-30-24(31)16-28-25(32)19-5-4-6-20(27)14-19/h4-15H,3,16H2,1-2H3,(H,28,32)(H,30,31). The van der Waals surface area contributed by atoms with Gasteiger partial charge in [-0.25, -0.2) is 10.2 Å². The lowest BCUT2D eigenvalue weighted by Crippen LogP contribution is -2.34. The van der Waals surface area contributed by atoms with Gasteiger partial charge in [0.2, 0.25) is 0 Å². The summed E-state index contributed by atoms with van der Waals surface area (Å²) in [5, 5.41) is 6.80. The van der Waals surface area contributed by atoms with Crippen molar-refractivity contribution in [3.8, 4) is 17.2 Å². The van der Waals surface area contributed by atoms with Crippen LogP contribution in [0.2, 0.25) is 5.02 Å². The molecule has 3 aromatic rings. The Balaban J connectivity index is 1.57. The van der Waals surface area contributed by atoms with Crippen LogP contribution in [0, 0.1) is 0 Å². The molecule has 36 heavy (non-hydrogen) atoms. The Labute approximate surface area is 213 Å². The highest BCUT2D eigenvalue weighted by molar-refractivity contribution is 6.31. The zero-order valence-electron chi connectivity index (χ0n) is 19.6. The molecule has 3 aromatic carbocycles. The first-order valence-electron chi connectivity index (χ1n) is 10.9. The summed E-state index contributed by atoms with van der Waals surface area (Å²) in [6, 6.07) is 17.7. The van der Waals surface area contributed by atoms with Crippen molar-refractivity contribution in [2.45, 2.75) is 6.92 Å². The van der Waals surface area contributed by atoms with Crippen molar-refractivity contribution in [1.82, 2.24) is 10.7 Å². The molecular weight excluding hydrogens is 486 g/mol. The van der Waals surface area contributed by atoms with Crippen LogP contribution in [0.1, 0.15) is 33.2 Å². The lowest BCUT2D eigenvalue weighted by atomic mass is 10.2. The molecule has 2 amide bonds. The van der Waals surface area contributed by atoms with Crippen LogP contribution in [0.25, 0.3) is 0 Å². The largest absolute Gasteiger partial charge is 0.497 e. The first-order valence-corrected chi connectivity index (χ1v) is 11.3. The number of benzene rings is 3. The Kier molecular flexibility index (Phi) is 9.41. The first-order chi connectivity index (χ1) is 17.4. The predicted octanol–water partition coefficient (Wildman–Crippen LogP) is 3.85. The molecule has 0 radical (unpaired) electrons. The van der Waals surface area contributed by atoms with Gasteiger partial charge < -0.3 is 19.5 Å². The highest BCUT2D eigenvalue weighted by Gasteiger charge is 2.14. The molecule has 0 bridgehead atoms. The van der Waals surface area contributed by atoms with Gasteiger partial charge in [-0.2, -0.15) is 5.10 Å². The summed E-state index contributed by atoms with van der Waals surface area (Å²) in [5.74, 6) is -0.298. The average Bonchev–Trinajstić information content (AvgIpc) is 2.88. The van der Waals surface area contributed by atoms with E-state index >= 15 is 0 Å². The van der Waals surface area contributed by atoms with Crippen molar-refractivity contribution in [3.05, 3.63) is 88.4 Å². The minimum absolute atomic E-state index is 0.239. The lowest BCUT2D eigenvalue weighted by molar-refractivity contribution is -0.120. The van der Waals surface area contributed by atoms with Crippen LogP contribution in [-0.4, -0.2) is 44.3 Å². The Morgan fingerprint density at radius 2 is 1.75 bits per heavy atom. The maximum atomic E-state index is 12.5. The average molecular weight is 510 g/mol. The molecule has 0 atom stereocenters. The highest BCUT2D eigenvalue weighted by atomic mass is 35.5. The molecule has 10 heteroatoms. The number of carbonyl (C=O) groups is 3. The number of hydrogen-bond donors (Lipinski definition) is 2. The van der Waals surface area contributed by atoms with E-state index in [0.29, 0.717) is 39.8 Å². The normalized spacial score (nSPS) is 10.5. The summed E-state index contributed by atoms with van der Waals surface area (Å²) in [6.07, 6.45) is 1.40. The number of hydrazone groups is 1. The Morgan fingerprint density at radius 3 is 2.44 bits per heavy atom. The van der Waals surface area contributed by atoms with E-state index in [1.165, 1.54) is 12.3 Å². The van der Waals surface area contributed by atoms with Gasteiger partial charge in [0, 0.05) is 10.6 Å². The molecule has 0 saturated carbocycles. The van der Waals surface area contributed by atoms with Gasteiger partial charge in [-0.3, -0.25) is 9.59 Å². The van der Waals surface area contributed by atoms with Crippen molar-refractivity contribution < 1.29 is 28.6 Å². The molecule has 9 nitrogen and oxygen atoms in total. The molecular formula is C26H24ClN3O6. The minimum atomic E-state index is -0.549. The summed E-state index contributed by atoms with van der Waals surface area (Å²) < 4.78 is 16.2. The lowest BCUT2D eigenvalue weighted by Gasteiger charge is -2.11. The van der Waals surface area contributed by atoms with Crippen molar-refractivity contribution in [2.75, 3.05) is 20.3 Å². The monoisotopic (exact) mass is 509 g/mol. The number of nitrogens with one attached hydrogen (secondary N) is 2. The SMILES string of the molecule is CCOc1cc(C=NNC(=O)CNC(=O)c2cccc(Cl)c2)ccc1OC(=O)c1ccc(OC)cc1. The Bertz CT molecular complexity index is 1260. The van der Waals surface area contributed by atoms with Crippen molar-refractivity contribution >= 4 is 35.6 Å². The molecule has 3 rings (SSSR count). The number of amides is 2. The van der Waals surface area contributed by atoms with E-state index in [4.69, 9.17) is 25.8 Å². The van der Waals surface area contributed by atoms with Gasteiger partial charge in [0.1, 0.15) is 5.75 Å². The first kappa shape index (κ1) is 26.2. The van der Waals surface area contributed by atoms with Crippen LogP contribution < -0.4 is 25.0 Å². The smallest absolute Gasteiger partial charge is 0.343 e. The van der Waals surface area contributed by atoms with E-state index in [1.54, 1.807) is 74.7 Å². The molecule has 0 saturated heterocycles. The molecule has 0 aliphatic carbocycles. The number of nitrogens with zero attached hydrogens (tertiary/aromatic N) is 1. The van der Waals surface area contributed by atoms with E-state index in [0.717, 1.165) is 0 Å². The number of esters is 1. The molecule has 0 fully saturated rings. The van der Waals surface area contributed by atoms with Gasteiger partial charge in [0.05, 0.1) is 32.0 Å². The molecule has 2 N–H and O–H groups in total. The van der Waals surface area contributed by atoms with Gasteiger partial charge >= 0.3 is 5.97 Å². The fraction of sp³-hybridized carbons (Fsp3) is 0.154. The van der Waals surface area contributed by atoms with Gasteiger partial charge in [0.25, 0.3) is 11.8 Å². The van der Waals surface area contributed by atoms with Crippen LogP contribution >= 0.6 is 11.6 Å². The summed E-state index contributed by atoms with van der Waals surface area (Å²) in [7, 11) is 1.54. The van der Waals surface area contributed by atoms with Crippen molar-refractivity contribution in [2.24, 2.45) is 5.10 Å². The summed E-state index contributed by atoms with van der Waals surface area (Å²) in [6.45, 7) is 1.87. The van der Waals surface area contributed by atoms with Crippen molar-refractivity contribution in [3.63, 3.8) is 0 Å². The third-order valence-corrected chi connectivity index (χ3v) is 4.93. The fourth-order valence-electron chi connectivity index (χ4n) is 2.95. The second-order valence-corrected chi connectivity index (χ2v) is 7.68. The molecule has 0 aliphatic heterocycles. The zero-order chi connectivity index (χ0) is 25.9. The van der Waals surface area contributed by atoms with E-state index in [1.807, 2.05) is 0 Å².